The van der Waals surface area contributed by atoms with Crippen LogP contribution < -0.4 is 0 Å². The van der Waals surface area contributed by atoms with Gasteiger partial charge in [0.25, 0.3) is 0 Å². The highest BCUT2D eigenvalue weighted by Gasteiger charge is 2.17. The molecule has 0 radical (unpaired) electrons. The van der Waals surface area contributed by atoms with Crippen LogP contribution in [0.3, 0.4) is 0 Å². The summed E-state index contributed by atoms with van der Waals surface area (Å²) in [6.07, 6.45) is 3.96. The second-order valence-electron chi connectivity index (χ2n) is 9.98. The van der Waals surface area contributed by atoms with Crippen LogP contribution in [0.5, 0.6) is 5.75 Å². The van der Waals surface area contributed by atoms with Crippen LogP contribution in [0, 0.1) is 11.7 Å². The molecule has 3 aromatic carbocycles. The number of phenolic OH excluding ortho intramolecular Hbond substituents is 1. The molecule has 37 heavy (non-hydrogen) atoms. The Kier molecular flexibility index (Phi) is 8.62. The van der Waals surface area contributed by atoms with Gasteiger partial charge < -0.3 is 19.5 Å². The molecule has 4 rings (SSSR count). The fourth-order valence-electron chi connectivity index (χ4n) is 4.62. The molecule has 0 fully saturated rings. The Bertz CT molecular complexity index is 1320. The number of aliphatic hydroxyl groups excluding tert-OH is 1. The first-order chi connectivity index (χ1) is 17.8. The second kappa shape index (κ2) is 12.1. The Morgan fingerprint density at radius 1 is 1.05 bits per heavy atom. The zero-order chi connectivity index (χ0) is 26.4. The summed E-state index contributed by atoms with van der Waals surface area (Å²) in [6.45, 7) is 4.34. The molecule has 5 nitrogen and oxygen atoms in total. The van der Waals surface area contributed by atoms with E-state index in [1.165, 1.54) is 6.07 Å². The minimum Gasteiger partial charge on any atom is -0.507 e. The van der Waals surface area contributed by atoms with Crippen molar-refractivity contribution in [3.05, 3.63) is 101 Å². The van der Waals surface area contributed by atoms with Crippen molar-refractivity contribution in [1.82, 2.24) is 4.57 Å². The maximum Gasteiger partial charge on any atom is 0.338 e. The van der Waals surface area contributed by atoms with Gasteiger partial charge in [-0.25, -0.2) is 9.18 Å². The summed E-state index contributed by atoms with van der Waals surface area (Å²) in [5.74, 6) is -0.373. The van der Waals surface area contributed by atoms with Gasteiger partial charge in [-0.05, 0) is 60.2 Å². The molecule has 0 bridgehead atoms. The Morgan fingerprint density at radius 2 is 1.78 bits per heavy atom. The average Bonchev–Trinajstić information content (AvgIpc) is 3.22. The number of hydrogen-bond acceptors (Lipinski definition) is 4. The Morgan fingerprint density at radius 3 is 2.51 bits per heavy atom. The number of aliphatic hydroxyl groups is 1. The maximum absolute atomic E-state index is 15.1. The lowest BCUT2D eigenvalue weighted by molar-refractivity contribution is 0.0259. The van der Waals surface area contributed by atoms with Gasteiger partial charge in [-0.3, -0.25) is 0 Å². The van der Waals surface area contributed by atoms with Crippen molar-refractivity contribution in [2.75, 3.05) is 6.61 Å². The highest BCUT2D eigenvalue weighted by Crippen LogP contribution is 2.29. The molecule has 194 valence electrons. The predicted octanol–water partition coefficient (Wildman–Crippen LogP) is 6.27. The fourth-order valence-corrected chi connectivity index (χ4v) is 4.62. The topological polar surface area (TPSA) is 71.7 Å². The first kappa shape index (κ1) is 26.4. The smallest absolute Gasteiger partial charge is 0.338 e. The molecule has 1 aromatic heterocycles. The van der Waals surface area contributed by atoms with Crippen LogP contribution in [0.1, 0.15) is 53.7 Å². The Labute approximate surface area is 217 Å². The molecule has 2 N–H and O–H groups in total. The lowest BCUT2D eigenvalue weighted by atomic mass is 10.0. The van der Waals surface area contributed by atoms with Crippen LogP contribution in [0.4, 0.5) is 4.39 Å². The molecular formula is C31H34FNO4. The fraction of sp³-hybridized carbons (Fsp3) is 0.323. The van der Waals surface area contributed by atoms with Gasteiger partial charge >= 0.3 is 5.97 Å². The lowest BCUT2D eigenvalue weighted by Crippen LogP contribution is -2.20. The molecule has 0 amide bonds. The van der Waals surface area contributed by atoms with Gasteiger partial charge in [0.2, 0.25) is 0 Å². The molecule has 0 aliphatic carbocycles. The van der Waals surface area contributed by atoms with Crippen LogP contribution in [-0.2, 0) is 24.1 Å². The van der Waals surface area contributed by atoms with Gasteiger partial charge in [0.05, 0.1) is 18.2 Å². The largest absolute Gasteiger partial charge is 0.507 e. The van der Waals surface area contributed by atoms with Crippen molar-refractivity contribution in [3.63, 3.8) is 0 Å². The summed E-state index contributed by atoms with van der Waals surface area (Å²) in [5.41, 5.74) is 3.18. The second-order valence-corrected chi connectivity index (χ2v) is 9.98. The number of para-hydroxylation sites is 1. The molecule has 1 atom stereocenters. The summed E-state index contributed by atoms with van der Waals surface area (Å²) in [4.78, 5) is 12.2. The summed E-state index contributed by atoms with van der Waals surface area (Å²) >= 11 is 0. The number of aromatic nitrogens is 1. The monoisotopic (exact) mass is 503 g/mol. The van der Waals surface area contributed by atoms with Gasteiger partial charge in [0, 0.05) is 29.1 Å². The zero-order valence-electron chi connectivity index (χ0n) is 21.4. The van der Waals surface area contributed by atoms with Crippen LogP contribution in [0.25, 0.3) is 10.9 Å². The minimum atomic E-state index is -0.901. The lowest BCUT2D eigenvalue weighted by Gasteiger charge is -2.12. The van der Waals surface area contributed by atoms with E-state index in [9.17, 15) is 15.0 Å². The Balaban J connectivity index is 1.47. The predicted molar refractivity (Wildman–Crippen MR) is 143 cm³/mol. The number of carbonyl (C=O) groups is 1. The van der Waals surface area contributed by atoms with Gasteiger partial charge in [0.15, 0.2) is 0 Å². The number of esters is 1. The minimum absolute atomic E-state index is 0.0493. The van der Waals surface area contributed by atoms with Crippen molar-refractivity contribution in [2.24, 2.45) is 5.92 Å². The summed E-state index contributed by atoms with van der Waals surface area (Å²) in [5, 5.41) is 22.2. The van der Waals surface area contributed by atoms with Crippen LogP contribution in [0.2, 0.25) is 0 Å². The molecule has 1 heterocycles. The van der Waals surface area contributed by atoms with Gasteiger partial charge in [-0.15, -0.1) is 0 Å². The van der Waals surface area contributed by atoms with Gasteiger partial charge in [-0.1, -0.05) is 56.7 Å². The van der Waals surface area contributed by atoms with E-state index < -0.39 is 17.9 Å². The molecule has 6 heteroatoms. The van der Waals surface area contributed by atoms with Crippen LogP contribution in [-0.4, -0.2) is 33.5 Å². The quantitative estimate of drug-likeness (QED) is 0.237. The molecule has 0 aliphatic rings. The SMILES string of the molecule is CC(C)CCCc1cc(O)c(Cn2cc(C[C@H](O)COC(=O)c3ccccc3)c3ccccc32)c(F)c1. The van der Waals surface area contributed by atoms with E-state index >= 15 is 4.39 Å². The van der Waals surface area contributed by atoms with E-state index in [2.05, 4.69) is 13.8 Å². The molecule has 0 aliphatic heterocycles. The number of nitrogens with zero attached hydrogens (tertiary/aromatic N) is 1. The van der Waals surface area contributed by atoms with Crippen molar-refractivity contribution < 1.29 is 24.1 Å². The number of phenols is 1. The molecule has 0 saturated heterocycles. The summed E-state index contributed by atoms with van der Waals surface area (Å²) in [6, 6.07) is 19.5. The van der Waals surface area contributed by atoms with Crippen LogP contribution >= 0.6 is 0 Å². The first-order valence-electron chi connectivity index (χ1n) is 12.8. The number of hydrogen-bond donors (Lipinski definition) is 2. The third kappa shape index (κ3) is 6.77. The molecule has 4 aromatic rings. The number of ether oxygens (including phenoxy) is 1. The summed E-state index contributed by atoms with van der Waals surface area (Å²) < 4.78 is 22.2. The van der Waals surface area contributed by atoms with E-state index in [0.29, 0.717) is 11.5 Å². The van der Waals surface area contributed by atoms with Crippen molar-refractivity contribution in [2.45, 2.75) is 52.2 Å². The van der Waals surface area contributed by atoms with Crippen molar-refractivity contribution in [1.29, 1.82) is 0 Å². The number of carbonyl (C=O) groups excluding carboxylic acids is 1. The van der Waals surface area contributed by atoms with E-state index in [-0.39, 0.29) is 30.9 Å². The van der Waals surface area contributed by atoms with E-state index in [1.54, 1.807) is 30.3 Å². The molecule has 0 unspecified atom stereocenters. The number of halogens is 1. The number of fused-ring (bicyclic) bond motifs is 1. The van der Waals surface area contributed by atoms with Gasteiger partial charge in [0.1, 0.15) is 18.2 Å². The zero-order valence-corrected chi connectivity index (χ0v) is 21.4. The summed E-state index contributed by atoms with van der Waals surface area (Å²) in [7, 11) is 0. The molecular weight excluding hydrogens is 469 g/mol. The van der Waals surface area contributed by atoms with E-state index in [0.717, 1.165) is 41.3 Å². The molecule has 0 saturated carbocycles. The van der Waals surface area contributed by atoms with Gasteiger partial charge in [-0.2, -0.15) is 0 Å². The standard InChI is InChI=1S/C31H34FNO4/c1-21(2)9-8-10-22-15-28(32)27(30(35)16-22)19-33-18-24(26-13-6-7-14-29(26)33)17-25(34)20-37-31(36)23-11-4-3-5-12-23/h3-7,11-16,18,21,25,34-35H,8-10,17,19-20H2,1-2H3/t25-/m0/s1. The molecule has 0 spiro atoms. The highest BCUT2D eigenvalue weighted by molar-refractivity contribution is 5.89. The number of rotatable bonds is 11. The van der Waals surface area contributed by atoms with E-state index in [1.807, 2.05) is 41.1 Å². The van der Waals surface area contributed by atoms with Crippen LogP contribution in [0.15, 0.2) is 72.9 Å². The first-order valence-corrected chi connectivity index (χ1v) is 12.8. The normalized spacial score (nSPS) is 12.2. The highest BCUT2D eigenvalue weighted by atomic mass is 19.1. The number of aromatic hydroxyl groups is 1. The van der Waals surface area contributed by atoms with Crippen molar-refractivity contribution in [3.8, 4) is 5.75 Å². The maximum atomic E-state index is 15.1. The average molecular weight is 504 g/mol. The number of aryl methyl sites for hydroxylation is 1. The van der Waals surface area contributed by atoms with E-state index in [4.69, 9.17) is 4.74 Å². The Hall–Kier alpha value is -3.64. The third-order valence-corrected chi connectivity index (χ3v) is 6.55. The van der Waals surface area contributed by atoms with Crippen molar-refractivity contribution >= 4 is 16.9 Å². The number of benzene rings is 3. The third-order valence-electron chi connectivity index (χ3n) is 6.55.